The number of nitrogens with one attached hydrogen (secondary N) is 3. The van der Waals surface area contributed by atoms with Gasteiger partial charge in [-0.25, -0.2) is 9.59 Å². The van der Waals surface area contributed by atoms with Crippen LogP contribution in [0.3, 0.4) is 0 Å². The van der Waals surface area contributed by atoms with E-state index in [1.165, 1.54) is 7.11 Å². The highest BCUT2D eigenvalue weighted by Crippen LogP contribution is 2.37. The highest BCUT2D eigenvalue weighted by atomic mass is 16.8. The van der Waals surface area contributed by atoms with E-state index >= 15 is 0 Å². The second kappa shape index (κ2) is 17.2. The highest BCUT2D eigenvalue weighted by Gasteiger charge is 2.46. The number of hydrogen-bond acceptors (Lipinski definition) is 12. The van der Waals surface area contributed by atoms with Gasteiger partial charge in [-0.15, -0.1) is 0 Å². The van der Waals surface area contributed by atoms with Crippen LogP contribution in [0.1, 0.15) is 79.7 Å². The third kappa shape index (κ3) is 10.1. The average molecular weight is 682 g/mol. The van der Waals surface area contributed by atoms with Gasteiger partial charge in [0, 0.05) is 38.7 Å². The lowest BCUT2D eigenvalue weighted by atomic mass is 9.92. The van der Waals surface area contributed by atoms with Crippen LogP contribution in [0.15, 0.2) is 54.9 Å². The topological polar surface area (TPSA) is 135 Å². The molecule has 1 fully saturated rings. The van der Waals surface area contributed by atoms with Crippen LogP contribution >= 0.6 is 0 Å². The zero-order valence-corrected chi connectivity index (χ0v) is 29.2. The Labute approximate surface area is 289 Å². The van der Waals surface area contributed by atoms with Crippen molar-refractivity contribution in [3.63, 3.8) is 0 Å². The molecule has 4 unspecified atom stereocenters. The Bertz CT molecular complexity index is 1410. The number of cyclic esters (lactones) is 1. The van der Waals surface area contributed by atoms with Gasteiger partial charge in [-0.3, -0.25) is 0 Å². The van der Waals surface area contributed by atoms with E-state index in [9.17, 15) is 9.59 Å². The van der Waals surface area contributed by atoms with Crippen molar-refractivity contribution in [1.29, 1.82) is 0 Å². The van der Waals surface area contributed by atoms with Gasteiger partial charge in [0.2, 0.25) is 0 Å². The summed E-state index contributed by atoms with van der Waals surface area (Å²) in [4.78, 5) is 27.1. The number of esters is 2. The summed E-state index contributed by atoms with van der Waals surface area (Å²) >= 11 is 0. The molecule has 5 rings (SSSR count). The molecule has 268 valence electrons. The van der Waals surface area contributed by atoms with Crippen LogP contribution < -0.4 is 25.4 Å². The monoisotopic (exact) mass is 681 g/mol. The minimum absolute atomic E-state index is 0.0424. The maximum atomic E-state index is 13.9. The molecule has 1 saturated heterocycles. The van der Waals surface area contributed by atoms with Crippen molar-refractivity contribution in [2.24, 2.45) is 5.92 Å². The zero-order chi connectivity index (χ0) is 34.8. The molecule has 49 heavy (non-hydrogen) atoms. The van der Waals surface area contributed by atoms with Crippen LogP contribution in [0, 0.1) is 5.92 Å². The first-order chi connectivity index (χ1) is 23.6. The van der Waals surface area contributed by atoms with E-state index in [0.717, 1.165) is 12.1 Å². The molecule has 3 aliphatic rings. The largest absolute Gasteiger partial charge is 0.492 e. The quantitative estimate of drug-likeness (QED) is 0.173. The number of carbonyl (C=O) groups excluding carboxylic acids is 2. The molecule has 0 aromatic heterocycles. The van der Waals surface area contributed by atoms with E-state index in [2.05, 4.69) is 16.0 Å². The van der Waals surface area contributed by atoms with E-state index in [1.54, 1.807) is 18.2 Å². The van der Waals surface area contributed by atoms with Gasteiger partial charge in [-0.05, 0) is 82.6 Å². The molecule has 3 heterocycles. The highest BCUT2D eigenvalue weighted by molar-refractivity contribution is 5.94. The Hall–Kier alpha value is -3.84. The Morgan fingerprint density at radius 3 is 2.55 bits per heavy atom. The number of hydrogen-bond donors (Lipinski definition) is 3. The zero-order valence-electron chi connectivity index (χ0n) is 29.2. The van der Waals surface area contributed by atoms with Crippen molar-refractivity contribution in [2.75, 3.05) is 33.6 Å². The maximum absolute atomic E-state index is 13.9. The van der Waals surface area contributed by atoms with Crippen molar-refractivity contribution >= 4 is 11.9 Å². The van der Waals surface area contributed by atoms with Crippen LogP contribution in [-0.4, -0.2) is 81.9 Å². The summed E-state index contributed by atoms with van der Waals surface area (Å²) in [6, 6.07) is 12.6. The summed E-state index contributed by atoms with van der Waals surface area (Å²) in [5, 5.41) is 9.77. The van der Waals surface area contributed by atoms with Gasteiger partial charge >= 0.3 is 11.9 Å². The molecule has 0 saturated carbocycles. The Balaban J connectivity index is 1.37. The molecule has 0 spiro atoms. The van der Waals surface area contributed by atoms with Gasteiger partial charge in [0.25, 0.3) is 0 Å². The fourth-order valence-electron chi connectivity index (χ4n) is 6.35. The predicted octanol–water partition coefficient (Wildman–Crippen LogP) is 4.67. The summed E-state index contributed by atoms with van der Waals surface area (Å²) in [6.45, 7) is 9.38. The van der Waals surface area contributed by atoms with Crippen LogP contribution in [-0.2, 0) is 30.1 Å². The van der Waals surface area contributed by atoms with Crippen molar-refractivity contribution in [1.82, 2.24) is 16.0 Å². The lowest BCUT2D eigenvalue weighted by Crippen LogP contribution is -2.41. The second-order valence-corrected chi connectivity index (χ2v) is 13.3. The molecule has 0 amide bonds. The van der Waals surface area contributed by atoms with E-state index in [-0.39, 0.29) is 25.0 Å². The minimum Gasteiger partial charge on any atom is -0.492 e. The number of benzene rings is 2. The molecule has 12 nitrogen and oxygen atoms in total. The number of rotatable bonds is 11. The first-order valence-electron chi connectivity index (χ1n) is 17.3. The van der Waals surface area contributed by atoms with Crippen molar-refractivity contribution in [3.05, 3.63) is 71.6 Å². The van der Waals surface area contributed by atoms with Gasteiger partial charge in [-0.1, -0.05) is 25.1 Å². The van der Waals surface area contributed by atoms with Gasteiger partial charge in [0.15, 0.2) is 12.6 Å². The van der Waals surface area contributed by atoms with E-state index in [1.807, 2.05) is 64.4 Å². The summed E-state index contributed by atoms with van der Waals surface area (Å²) in [5.41, 5.74) is 1.58. The smallest absolute Gasteiger partial charge is 0.342 e. The molecule has 3 N–H and O–H groups in total. The molecule has 3 aliphatic heterocycles. The van der Waals surface area contributed by atoms with E-state index in [0.29, 0.717) is 67.9 Å². The molecule has 0 aliphatic carbocycles. The summed E-state index contributed by atoms with van der Waals surface area (Å²) in [7, 11) is 1.53. The lowest BCUT2D eigenvalue weighted by Gasteiger charge is -2.29. The average Bonchev–Trinajstić information content (AvgIpc) is 3.71. The Kier molecular flexibility index (Phi) is 12.8. The van der Waals surface area contributed by atoms with Crippen LogP contribution in [0.25, 0.3) is 0 Å². The fraction of sp³-hybridized carbons (Fsp3) is 0.568. The predicted molar refractivity (Wildman–Crippen MR) is 182 cm³/mol. The first-order valence-corrected chi connectivity index (χ1v) is 17.3. The summed E-state index contributed by atoms with van der Waals surface area (Å²) < 4.78 is 42.3. The third-order valence-electron chi connectivity index (χ3n) is 9.06. The fourth-order valence-corrected chi connectivity index (χ4v) is 6.35. The normalized spacial score (nSPS) is 25.6. The minimum atomic E-state index is -0.854. The molecular weight excluding hydrogens is 630 g/mol. The van der Waals surface area contributed by atoms with E-state index in [4.69, 9.17) is 33.2 Å². The molecule has 5 atom stereocenters. The van der Waals surface area contributed by atoms with Gasteiger partial charge < -0.3 is 49.1 Å². The van der Waals surface area contributed by atoms with Crippen LogP contribution in [0.4, 0.5) is 0 Å². The van der Waals surface area contributed by atoms with Crippen molar-refractivity contribution in [3.8, 4) is 11.5 Å². The number of methoxy groups -OCH3 is 1. The standard InChI is InChI=1S/C37H51N3O9/c1-24-14-15-29(47-35(41)26-10-7-6-8-11-26)34-30(48-37(3,4)49-34)13-9-12-27-20-28(44-19-18-38-22-32-39-16-17-40-32)21-31(45-23-43-5)33(27)36(42)46-25(24)2/h6-8,10-11,16-17,20-21,24-25,29-30,32,34,38-40H,9,12-15,18-19,22-23H2,1-5H3/t24-,25?,29?,30?,34?/m1/s1. The van der Waals surface area contributed by atoms with Crippen molar-refractivity contribution in [2.45, 2.75) is 96.2 Å². The number of ether oxygens (including phenoxy) is 7. The van der Waals surface area contributed by atoms with Gasteiger partial charge in [0.1, 0.15) is 48.1 Å². The SMILES string of the molecule is COCOc1cc(OCCNCC2NC=CN2)cc2c1C(=O)OC(C)[C@H](C)CCC(OC(=O)c1ccccc1)C1OC(C)(C)OC1CCC2. The first kappa shape index (κ1) is 36.4. The summed E-state index contributed by atoms with van der Waals surface area (Å²) in [6.07, 6.45) is 5.01. The van der Waals surface area contributed by atoms with E-state index < -0.39 is 36.0 Å². The Morgan fingerprint density at radius 2 is 1.80 bits per heavy atom. The molecule has 12 heteroatoms. The van der Waals surface area contributed by atoms with Gasteiger partial charge in [0.05, 0.1) is 11.7 Å². The maximum Gasteiger partial charge on any atom is 0.342 e. The molecule has 2 aromatic carbocycles. The van der Waals surface area contributed by atoms with Crippen LogP contribution in [0.5, 0.6) is 11.5 Å². The second-order valence-electron chi connectivity index (χ2n) is 13.3. The molecule has 0 radical (unpaired) electrons. The van der Waals surface area contributed by atoms with Gasteiger partial charge in [-0.2, -0.15) is 0 Å². The summed E-state index contributed by atoms with van der Waals surface area (Å²) in [5.74, 6) is -0.860. The molecule has 0 bridgehead atoms. The molecule has 2 aromatic rings. The number of fused-ring (bicyclic) bond motifs is 2. The number of aryl methyl sites for hydroxylation is 1. The molecular formula is C37H51N3O9. The third-order valence-corrected chi connectivity index (χ3v) is 9.06. The Morgan fingerprint density at radius 1 is 1.02 bits per heavy atom. The van der Waals surface area contributed by atoms with Crippen LogP contribution in [0.2, 0.25) is 0 Å². The lowest BCUT2D eigenvalue weighted by molar-refractivity contribution is -0.156. The number of carbonyl (C=O) groups is 2. The van der Waals surface area contributed by atoms with Crippen molar-refractivity contribution < 1.29 is 42.7 Å².